The van der Waals surface area contributed by atoms with Gasteiger partial charge in [-0.05, 0) is 12.8 Å². The van der Waals surface area contributed by atoms with Gasteiger partial charge in [-0.15, -0.1) is 0 Å². The molecule has 0 aromatic heterocycles. The Balaban J connectivity index is 3.29. The minimum absolute atomic E-state index is 0.271. The first-order valence-corrected chi connectivity index (χ1v) is 15.4. The molecule has 1 unspecified atom stereocenters. The summed E-state index contributed by atoms with van der Waals surface area (Å²) in [7, 11) is 0. The van der Waals surface area contributed by atoms with Gasteiger partial charge >= 0.3 is 0 Å². The maximum absolute atomic E-state index is 12.1. The third-order valence-electron chi connectivity index (χ3n) is 7.16. The van der Waals surface area contributed by atoms with E-state index in [2.05, 4.69) is 13.8 Å². The number of unbranched alkanes of at least 4 members (excludes halogenated alkanes) is 22. The van der Waals surface area contributed by atoms with Gasteiger partial charge in [-0.25, -0.2) is 0 Å². The SMILES string of the molecule is CCCCCCCCCCCCCCCC(O)CC(=O)CCCCCCCCCCCCC. The fourth-order valence-electron chi connectivity index (χ4n) is 4.85. The molecule has 0 spiro atoms. The molecule has 0 radical (unpaired) electrons. The standard InChI is InChI=1S/C31H62O2/c1-3-5-7-9-11-13-15-16-18-20-22-24-26-28-31(33)29-30(32)27-25-23-21-19-17-14-12-10-8-6-4-2/h31,33H,3-29H2,1-2H3. The zero-order valence-electron chi connectivity index (χ0n) is 23.0. The number of carbonyl (C=O) groups excluding carboxylic acids is 1. The summed E-state index contributed by atoms with van der Waals surface area (Å²) in [5.74, 6) is 0.271. The van der Waals surface area contributed by atoms with Crippen molar-refractivity contribution in [1.29, 1.82) is 0 Å². The summed E-state index contributed by atoms with van der Waals surface area (Å²) in [5, 5.41) is 10.2. The summed E-state index contributed by atoms with van der Waals surface area (Å²) in [5.41, 5.74) is 0. The molecule has 0 aliphatic carbocycles. The highest BCUT2D eigenvalue weighted by molar-refractivity contribution is 5.78. The van der Waals surface area contributed by atoms with Crippen LogP contribution < -0.4 is 0 Å². The predicted octanol–water partition coefficient (Wildman–Crippen LogP) is 10.5. The summed E-state index contributed by atoms with van der Waals surface area (Å²) in [6.45, 7) is 4.55. The van der Waals surface area contributed by atoms with Crippen LogP contribution in [0, 0.1) is 0 Å². The smallest absolute Gasteiger partial charge is 0.135 e. The van der Waals surface area contributed by atoms with Gasteiger partial charge in [0.25, 0.3) is 0 Å². The van der Waals surface area contributed by atoms with Crippen molar-refractivity contribution in [2.75, 3.05) is 0 Å². The fraction of sp³-hybridized carbons (Fsp3) is 0.968. The lowest BCUT2D eigenvalue weighted by molar-refractivity contribution is -0.121. The third kappa shape index (κ3) is 27.8. The van der Waals surface area contributed by atoms with Crippen molar-refractivity contribution in [3.05, 3.63) is 0 Å². The first-order valence-electron chi connectivity index (χ1n) is 15.4. The molecule has 0 bridgehead atoms. The summed E-state index contributed by atoms with van der Waals surface area (Å²) < 4.78 is 0. The minimum atomic E-state index is -0.405. The molecule has 2 nitrogen and oxygen atoms in total. The van der Waals surface area contributed by atoms with Crippen molar-refractivity contribution in [2.24, 2.45) is 0 Å². The Kier molecular flexibility index (Phi) is 27.6. The molecule has 0 fully saturated rings. The lowest BCUT2D eigenvalue weighted by Crippen LogP contribution is -2.13. The second-order valence-corrected chi connectivity index (χ2v) is 10.7. The van der Waals surface area contributed by atoms with Crippen LogP contribution in [0.25, 0.3) is 0 Å². The quantitative estimate of drug-likeness (QED) is 0.116. The van der Waals surface area contributed by atoms with Crippen LogP contribution in [-0.4, -0.2) is 17.0 Å². The van der Waals surface area contributed by atoms with Gasteiger partial charge in [-0.1, -0.05) is 162 Å². The number of hydrogen-bond donors (Lipinski definition) is 1. The Bertz CT molecular complexity index is 379. The van der Waals surface area contributed by atoms with Gasteiger partial charge in [-0.2, -0.15) is 0 Å². The van der Waals surface area contributed by atoms with Crippen molar-refractivity contribution in [3.8, 4) is 0 Å². The Morgan fingerprint density at radius 3 is 1.15 bits per heavy atom. The normalized spacial score (nSPS) is 12.3. The maximum atomic E-state index is 12.1. The maximum Gasteiger partial charge on any atom is 0.135 e. The van der Waals surface area contributed by atoms with Crippen molar-refractivity contribution in [1.82, 2.24) is 0 Å². The summed E-state index contributed by atoms with van der Waals surface area (Å²) in [4.78, 5) is 12.1. The molecule has 1 N–H and O–H groups in total. The minimum Gasteiger partial charge on any atom is -0.393 e. The van der Waals surface area contributed by atoms with E-state index in [-0.39, 0.29) is 5.78 Å². The summed E-state index contributed by atoms with van der Waals surface area (Å²) in [6.07, 6.45) is 33.4. The van der Waals surface area contributed by atoms with Crippen molar-refractivity contribution in [3.63, 3.8) is 0 Å². The Labute approximate surface area is 209 Å². The number of rotatable bonds is 28. The average molecular weight is 467 g/mol. The van der Waals surface area contributed by atoms with Crippen molar-refractivity contribution >= 4 is 5.78 Å². The van der Waals surface area contributed by atoms with E-state index in [1.165, 1.54) is 141 Å². The van der Waals surface area contributed by atoms with Crippen molar-refractivity contribution < 1.29 is 9.90 Å². The highest BCUT2D eigenvalue weighted by Crippen LogP contribution is 2.15. The van der Waals surface area contributed by atoms with Gasteiger partial charge < -0.3 is 5.11 Å². The average Bonchev–Trinajstić information content (AvgIpc) is 2.80. The Morgan fingerprint density at radius 2 is 0.788 bits per heavy atom. The predicted molar refractivity (Wildman–Crippen MR) is 147 cm³/mol. The molecule has 0 aromatic rings. The van der Waals surface area contributed by atoms with Gasteiger partial charge in [0.15, 0.2) is 0 Å². The molecule has 33 heavy (non-hydrogen) atoms. The Morgan fingerprint density at radius 1 is 0.485 bits per heavy atom. The summed E-state index contributed by atoms with van der Waals surface area (Å²) >= 11 is 0. The lowest BCUT2D eigenvalue weighted by atomic mass is 10.0. The third-order valence-corrected chi connectivity index (χ3v) is 7.16. The van der Waals surface area contributed by atoms with E-state index >= 15 is 0 Å². The first-order chi connectivity index (χ1) is 16.2. The van der Waals surface area contributed by atoms with Crippen LogP contribution in [0.15, 0.2) is 0 Å². The molecule has 0 amide bonds. The second-order valence-electron chi connectivity index (χ2n) is 10.7. The van der Waals surface area contributed by atoms with Gasteiger partial charge in [-0.3, -0.25) is 4.79 Å². The number of Topliss-reactive ketones (excluding diaryl/α,β-unsaturated/α-hetero) is 1. The molecule has 0 saturated heterocycles. The van der Waals surface area contributed by atoms with E-state index in [9.17, 15) is 9.90 Å². The number of aliphatic hydroxyl groups is 1. The Hall–Kier alpha value is -0.370. The van der Waals surface area contributed by atoms with Gasteiger partial charge in [0.1, 0.15) is 5.78 Å². The molecule has 1 atom stereocenters. The largest absolute Gasteiger partial charge is 0.393 e. The molecule has 0 aliphatic rings. The zero-order chi connectivity index (χ0) is 24.2. The highest BCUT2D eigenvalue weighted by Gasteiger charge is 2.10. The molecular weight excluding hydrogens is 404 g/mol. The van der Waals surface area contributed by atoms with E-state index < -0.39 is 6.10 Å². The van der Waals surface area contributed by atoms with Crippen LogP contribution in [0.4, 0.5) is 0 Å². The van der Waals surface area contributed by atoms with Crippen LogP contribution in [0.2, 0.25) is 0 Å². The number of ketones is 1. The number of hydrogen-bond acceptors (Lipinski definition) is 2. The van der Waals surface area contributed by atoms with E-state index in [0.29, 0.717) is 12.8 Å². The lowest BCUT2D eigenvalue weighted by Gasteiger charge is -2.10. The highest BCUT2D eigenvalue weighted by atomic mass is 16.3. The van der Waals surface area contributed by atoms with E-state index in [1.54, 1.807) is 0 Å². The zero-order valence-corrected chi connectivity index (χ0v) is 23.0. The number of carbonyl (C=O) groups is 1. The van der Waals surface area contributed by atoms with E-state index in [1.807, 2.05) is 0 Å². The van der Waals surface area contributed by atoms with Crippen LogP contribution in [0.1, 0.15) is 187 Å². The molecule has 0 saturated carbocycles. The van der Waals surface area contributed by atoms with Crippen LogP contribution >= 0.6 is 0 Å². The monoisotopic (exact) mass is 466 g/mol. The summed E-state index contributed by atoms with van der Waals surface area (Å²) in [6, 6.07) is 0. The molecule has 198 valence electrons. The van der Waals surface area contributed by atoms with Gasteiger partial charge in [0, 0.05) is 12.8 Å². The molecule has 0 heterocycles. The molecular formula is C31H62O2. The van der Waals surface area contributed by atoms with Crippen molar-refractivity contribution in [2.45, 2.75) is 193 Å². The van der Waals surface area contributed by atoms with Crippen LogP contribution in [0.5, 0.6) is 0 Å². The first kappa shape index (κ1) is 32.6. The molecule has 0 aliphatic heterocycles. The second kappa shape index (κ2) is 27.9. The molecule has 2 heteroatoms. The van der Waals surface area contributed by atoms with Gasteiger partial charge in [0.05, 0.1) is 6.10 Å². The fourth-order valence-corrected chi connectivity index (χ4v) is 4.85. The molecule has 0 aromatic carbocycles. The number of aliphatic hydroxyl groups excluding tert-OH is 1. The molecule has 0 rings (SSSR count). The topological polar surface area (TPSA) is 37.3 Å². The van der Waals surface area contributed by atoms with E-state index in [0.717, 1.165) is 19.3 Å². The van der Waals surface area contributed by atoms with Crippen LogP contribution in [0.3, 0.4) is 0 Å². The van der Waals surface area contributed by atoms with E-state index in [4.69, 9.17) is 0 Å². The van der Waals surface area contributed by atoms with Crippen LogP contribution in [-0.2, 0) is 4.79 Å². The van der Waals surface area contributed by atoms with Gasteiger partial charge in [0.2, 0.25) is 0 Å².